The van der Waals surface area contributed by atoms with Crippen molar-refractivity contribution < 1.29 is 9.53 Å². The van der Waals surface area contributed by atoms with Crippen molar-refractivity contribution in [2.75, 3.05) is 32.8 Å². The molecule has 120 valence electrons. The minimum absolute atomic E-state index is 0.207. The van der Waals surface area contributed by atoms with Crippen molar-refractivity contribution in [2.24, 2.45) is 11.8 Å². The van der Waals surface area contributed by atoms with E-state index >= 15 is 0 Å². The monoisotopic (exact) mass is 323 g/mol. The lowest BCUT2D eigenvalue weighted by molar-refractivity contribution is -0.135. The predicted octanol–water partition coefficient (Wildman–Crippen LogP) is 1.96. The first kappa shape index (κ1) is 15.6. The quantitative estimate of drug-likeness (QED) is 0.920. The minimum atomic E-state index is 0.207. The summed E-state index contributed by atoms with van der Waals surface area (Å²) in [7, 11) is 0. The van der Waals surface area contributed by atoms with Crippen LogP contribution in [0.25, 0.3) is 0 Å². The number of piperidine rings is 1. The number of pyridine rings is 1. The maximum absolute atomic E-state index is 12.5. The largest absolute Gasteiger partial charge is 0.477 e. The van der Waals surface area contributed by atoms with Gasteiger partial charge in [-0.1, -0.05) is 11.6 Å². The summed E-state index contributed by atoms with van der Waals surface area (Å²) in [5, 5.41) is 3.91. The second kappa shape index (κ2) is 7.29. The Bertz CT molecular complexity index is 503. The molecule has 3 heterocycles. The smallest absolute Gasteiger partial charge is 0.225 e. The molecule has 3 rings (SSSR count). The molecule has 2 fully saturated rings. The lowest BCUT2D eigenvalue weighted by Crippen LogP contribution is -2.40. The molecule has 0 aromatic carbocycles. The summed E-state index contributed by atoms with van der Waals surface area (Å²) >= 11 is 5.80. The van der Waals surface area contributed by atoms with Crippen LogP contribution in [0.3, 0.4) is 0 Å². The number of carbonyl (C=O) groups is 1. The second-order valence-corrected chi connectivity index (χ2v) is 6.53. The number of aromatic nitrogens is 1. The highest BCUT2D eigenvalue weighted by Gasteiger charge is 2.31. The van der Waals surface area contributed by atoms with Crippen LogP contribution in [-0.2, 0) is 4.79 Å². The molecule has 1 unspecified atom stereocenters. The summed E-state index contributed by atoms with van der Waals surface area (Å²) in [6, 6.07) is 3.54. The van der Waals surface area contributed by atoms with Gasteiger partial charge >= 0.3 is 0 Å². The van der Waals surface area contributed by atoms with Gasteiger partial charge in [0.05, 0.1) is 11.6 Å². The molecule has 0 spiro atoms. The average Bonchev–Trinajstić information content (AvgIpc) is 3.03. The molecule has 0 bridgehead atoms. The Balaban J connectivity index is 1.45. The van der Waals surface area contributed by atoms with Crippen molar-refractivity contribution >= 4 is 17.5 Å². The van der Waals surface area contributed by atoms with Gasteiger partial charge < -0.3 is 15.0 Å². The van der Waals surface area contributed by atoms with Crippen LogP contribution in [0.1, 0.15) is 19.3 Å². The lowest BCUT2D eigenvalue weighted by atomic mass is 9.97. The van der Waals surface area contributed by atoms with E-state index in [-0.39, 0.29) is 5.92 Å². The van der Waals surface area contributed by atoms with Gasteiger partial charge in [0.2, 0.25) is 11.8 Å². The first-order chi connectivity index (χ1) is 10.7. The molecular weight excluding hydrogens is 302 g/mol. The first-order valence-corrected chi connectivity index (χ1v) is 8.34. The normalized spacial score (nSPS) is 22.8. The van der Waals surface area contributed by atoms with Gasteiger partial charge in [0.1, 0.15) is 0 Å². The molecule has 2 aliphatic heterocycles. The highest BCUT2D eigenvalue weighted by Crippen LogP contribution is 2.23. The number of amides is 1. The van der Waals surface area contributed by atoms with Crippen molar-refractivity contribution in [2.45, 2.75) is 19.3 Å². The zero-order valence-corrected chi connectivity index (χ0v) is 13.4. The van der Waals surface area contributed by atoms with Crippen LogP contribution in [0, 0.1) is 11.8 Å². The number of nitrogens with one attached hydrogen (secondary N) is 1. The molecule has 1 aromatic rings. The summed E-state index contributed by atoms with van der Waals surface area (Å²) in [6.07, 6.45) is 4.51. The van der Waals surface area contributed by atoms with E-state index in [2.05, 4.69) is 10.3 Å². The van der Waals surface area contributed by atoms with Crippen molar-refractivity contribution in [3.8, 4) is 5.88 Å². The van der Waals surface area contributed by atoms with Gasteiger partial charge in [-0.15, -0.1) is 0 Å². The first-order valence-electron chi connectivity index (χ1n) is 7.96. The highest BCUT2D eigenvalue weighted by molar-refractivity contribution is 6.30. The van der Waals surface area contributed by atoms with Crippen molar-refractivity contribution in [1.82, 2.24) is 15.2 Å². The van der Waals surface area contributed by atoms with Gasteiger partial charge in [-0.3, -0.25) is 4.79 Å². The van der Waals surface area contributed by atoms with Gasteiger partial charge in [-0.2, -0.15) is 0 Å². The molecule has 1 atom stereocenters. The van der Waals surface area contributed by atoms with Crippen LogP contribution >= 0.6 is 11.6 Å². The van der Waals surface area contributed by atoms with E-state index in [0.717, 1.165) is 45.4 Å². The van der Waals surface area contributed by atoms with Gasteiger partial charge in [-0.25, -0.2) is 4.98 Å². The Labute approximate surface area is 136 Å². The Morgan fingerprint density at radius 3 is 2.91 bits per heavy atom. The highest BCUT2D eigenvalue weighted by atomic mass is 35.5. The molecule has 1 amide bonds. The minimum Gasteiger partial charge on any atom is -0.477 e. The van der Waals surface area contributed by atoms with Crippen LogP contribution in [-0.4, -0.2) is 48.6 Å². The second-order valence-electron chi connectivity index (χ2n) is 6.09. The van der Waals surface area contributed by atoms with Crippen LogP contribution in [0.5, 0.6) is 5.88 Å². The molecule has 0 radical (unpaired) electrons. The summed E-state index contributed by atoms with van der Waals surface area (Å²) in [6.45, 7) is 4.17. The Morgan fingerprint density at radius 2 is 2.18 bits per heavy atom. The third-order valence-corrected chi connectivity index (χ3v) is 4.68. The number of halogens is 1. The molecule has 0 saturated carbocycles. The fourth-order valence-corrected chi connectivity index (χ4v) is 3.26. The van der Waals surface area contributed by atoms with Crippen LogP contribution in [0.15, 0.2) is 18.3 Å². The number of hydrogen-bond donors (Lipinski definition) is 1. The molecule has 22 heavy (non-hydrogen) atoms. The zero-order valence-electron chi connectivity index (χ0n) is 12.6. The van der Waals surface area contributed by atoms with Crippen LogP contribution in [0.2, 0.25) is 5.02 Å². The maximum atomic E-state index is 12.5. The predicted molar refractivity (Wildman–Crippen MR) is 85.0 cm³/mol. The molecule has 6 heteroatoms. The standard InChI is InChI=1S/C16H22ClN3O2/c17-14-1-2-15(19-9-14)22-11-12-5-8-20(10-12)16(21)13-3-6-18-7-4-13/h1-2,9,12-13,18H,3-8,10-11H2. The molecule has 2 aliphatic rings. The molecule has 1 N–H and O–H groups in total. The van der Waals surface area contributed by atoms with E-state index in [0.29, 0.717) is 29.3 Å². The van der Waals surface area contributed by atoms with Gasteiger partial charge in [-0.05, 0) is 38.4 Å². The van der Waals surface area contributed by atoms with E-state index in [9.17, 15) is 4.79 Å². The van der Waals surface area contributed by atoms with E-state index in [1.807, 2.05) is 4.90 Å². The lowest BCUT2D eigenvalue weighted by Gasteiger charge is -2.26. The average molecular weight is 324 g/mol. The number of likely N-dealkylation sites (tertiary alicyclic amines) is 1. The summed E-state index contributed by atoms with van der Waals surface area (Å²) in [5.41, 5.74) is 0. The number of rotatable bonds is 4. The number of carbonyl (C=O) groups excluding carboxylic acids is 1. The van der Waals surface area contributed by atoms with Crippen molar-refractivity contribution in [3.63, 3.8) is 0 Å². The van der Waals surface area contributed by atoms with Gasteiger partial charge in [0, 0.05) is 37.2 Å². The fraction of sp³-hybridized carbons (Fsp3) is 0.625. The van der Waals surface area contributed by atoms with Crippen molar-refractivity contribution in [1.29, 1.82) is 0 Å². The zero-order chi connectivity index (χ0) is 15.4. The van der Waals surface area contributed by atoms with Crippen LogP contribution in [0.4, 0.5) is 0 Å². The molecule has 2 saturated heterocycles. The Hall–Kier alpha value is -1.33. The maximum Gasteiger partial charge on any atom is 0.225 e. The summed E-state index contributed by atoms with van der Waals surface area (Å²) in [4.78, 5) is 18.6. The fourth-order valence-electron chi connectivity index (χ4n) is 3.15. The Kier molecular flexibility index (Phi) is 5.16. The van der Waals surface area contributed by atoms with E-state index in [4.69, 9.17) is 16.3 Å². The third kappa shape index (κ3) is 3.90. The van der Waals surface area contributed by atoms with Gasteiger partial charge in [0.15, 0.2) is 0 Å². The number of ether oxygens (including phenoxy) is 1. The topological polar surface area (TPSA) is 54.5 Å². The Morgan fingerprint density at radius 1 is 1.36 bits per heavy atom. The van der Waals surface area contributed by atoms with E-state index in [1.165, 1.54) is 0 Å². The molecule has 5 nitrogen and oxygen atoms in total. The van der Waals surface area contributed by atoms with Gasteiger partial charge in [0.25, 0.3) is 0 Å². The third-order valence-electron chi connectivity index (χ3n) is 4.45. The van der Waals surface area contributed by atoms with E-state index in [1.54, 1.807) is 18.3 Å². The molecule has 0 aliphatic carbocycles. The van der Waals surface area contributed by atoms with Crippen LogP contribution < -0.4 is 10.1 Å². The summed E-state index contributed by atoms with van der Waals surface area (Å²) in [5.74, 6) is 1.52. The van der Waals surface area contributed by atoms with Crippen molar-refractivity contribution in [3.05, 3.63) is 23.4 Å². The van der Waals surface area contributed by atoms with E-state index < -0.39 is 0 Å². The number of nitrogens with zero attached hydrogens (tertiary/aromatic N) is 2. The SMILES string of the molecule is O=C(C1CCNCC1)N1CCC(COc2ccc(Cl)cn2)C1. The molecular formula is C16H22ClN3O2. The number of hydrogen-bond acceptors (Lipinski definition) is 4. The molecule has 1 aromatic heterocycles. The summed E-state index contributed by atoms with van der Waals surface area (Å²) < 4.78 is 5.70.